The first kappa shape index (κ1) is 13.1. The Morgan fingerprint density at radius 1 is 1.56 bits per heavy atom. The predicted octanol–water partition coefficient (Wildman–Crippen LogP) is 2.93. The summed E-state index contributed by atoms with van der Waals surface area (Å²) in [6, 6.07) is 1.83. The van der Waals surface area contributed by atoms with Gasteiger partial charge in [0.05, 0.1) is 6.54 Å². The quantitative estimate of drug-likeness (QED) is 0.691. The van der Waals surface area contributed by atoms with Gasteiger partial charge >= 0.3 is 6.09 Å². The van der Waals surface area contributed by atoms with Gasteiger partial charge in [-0.1, -0.05) is 0 Å². The second kappa shape index (κ2) is 4.76. The van der Waals surface area contributed by atoms with Crippen molar-refractivity contribution < 1.29 is 14.3 Å². The van der Waals surface area contributed by atoms with Crippen LogP contribution < -0.4 is 4.74 Å². The maximum atomic E-state index is 11.9. The SMILES string of the molecule is CC(C)(C)OC(=O)N1COc2c(ccnc2Br)C1. The average molecular weight is 315 g/mol. The first-order valence-electron chi connectivity index (χ1n) is 5.61. The van der Waals surface area contributed by atoms with Gasteiger partial charge in [0.1, 0.15) is 10.2 Å². The maximum absolute atomic E-state index is 11.9. The van der Waals surface area contributed by atoms with Crippen molar-refractivity contribution in [2.45, 2.75) is 32.9 Å². The van der Waals surface area contributed by atoms with Crippen LogP contribution in [-0.2, 0) is 11.3 Å². The molecule has 2 heterocycles. The zero-order valence-corrected chi connectivity index (χ0v) is 12.2. The van der Waals surface area contributed by atoms with E-state index in [2.05, 4.69) is 20.9 Å². The normalized spacial score (nSPS) is 14.8. The Balaban J connectivity index is 2.11. The van der Waals surface area contributed by atoms with E-state index in [-0.39, 0.29) is 12.8 Å². The van der Waals surface area contributed by atoms with Gasteiger partial charge in [-0.15, -0.1) is 0 Å². The lowest BCUT2D eigenvalue weighted by Gasteiger charge is -2.31. The Kier molecular flexibility index (Phi) is 3.47. The lowest BCUT2D eigenvalue weighted by Crippen LogP contribution is -2.40. The number of fused-ring (bicyclic) bond motifs is 1. The fourth-order valence-corrected chi connectivity index (χ4v) is 2.06. The first-order valence-corrected chi connectivity index (χ1v) is 6.40. The number of halogens is 1. The van der Waals surface area contributed by atoms with Gasteiger partial charge in [-0.25, -0.2) is 9.78 Å². The zero-order chi connectivity index (χ0) is 13.3. The molecule has 1 aromatic heterocycles. The smallest absolute Gasteiger partial charge is 0.413 e. The molecule has 0 atom stereocenters. The Hall–Kier alpha value is -1.30. The summed E-state index contributed by atoms with van der Waals surface area (Å²) in [6.45, 7) is 6.15. The van der Waals surface area contributed by atoms with Gasteiger partial charge in [0.25, 0.3) is 0 Å². The molecule has 1 aliphatic rings. The van der Waals surface area contributed by atoms with Crippen molar-refractivity contribution in [3.63, 3.8) is 0 Å². The molecule has 0 saturated heterocycles. The molecular weight excluding hydrogens is 300 g/mol. The third kappa shape index (κ3) is 2.93. The number of carbonyl (C=O) groups excluding carboxylic acids is 1. The van der Waals surface area contributed by atoms with Crippen molar-refractivity contribution in [2.24, 2.45) is 0 Å². The van der Waals surface area contributed by atoms with Crippen LogP contribution in [0.5, 0.6) is 5.75 Å². The largest absolute Gasteiger partial charge is 0.470 e. The van der Waals surface area contributed by atoms with E-state index in [4.69, 9.17) is 9.47 Å². The van der Waals surface area contributed by atoms with Crippen LogP contribution in [0.25, 0.3) is 0 Å². The molecule has 18 heavy (non-hydrogen) atoms. The Morgan fingerprint density at radius 2 is 2.28 bits per heavy atom. The lowest BCUT2D eigenvalue weighted by atomic mass is 10.2. The number of amides is 1. The highest BCUT2D eigenvalue weighted by atomic mass is 79.9. The van der Waals surface area contributed by atoms with Gasteiger partial charge in [-0.05, 0) is 42.8 Å². The number of rotatable bonds is 0. The summed E-state index contributed by atoms with van der Waals surface area (Å²) >= 11 is 3.32. The molecule has 2 rings (SSSR count). The van der Waals surface area contributed by atoms with Gasteiger partial charge in [-0.3, -0.25) is 4.90 Å². The number of hydrogen-bond acceptors (Lipinski definition) is 4. The summed E-state index contributed by atoms with van der Waals surface area (Å²) in [7, 11) is 0. The molecule has 0 radical (unpaired) electrons. The fraction of sp³-hybridized carbons (Fsp3) is 0.500. The van der Waals surface area contributed by atoms with E-state index in [0.717, 1.165) is 5.56 Å². The molecule has 0 saturated carbocycles. The van der Waals surface area contributed by atoms with Gasteiger partial charge < -0.3 is 9.47 Å². The molecule has 98 valence electrons. The molecule has 0 bridgehead atoms. The monoisotopic (exact) mass is 314 g/mol. The summed E-state index contributed by atoms with van der Waals surface area (Å²) in [5.74, 6) is 0.692. The highest BCUT2D eigenvalue weighted by Crippen LogP contribution is 2.31. The molecule has 0 fully saturated rings. The van der Waals surface area contributed by atoms with Gasteiger partial charge in [0.15, 0.2) is 12.5 Å². The van der Waals surface area contributed by atoms with Crippen LogP contribution in [0.1, 0.15) is 26.3 Å². The van der Waals surface area contributed by atoms with Gasteiger partial charge in [-0.2, -0.15) is 0 Å². The predicted molar refractivity (Wildman–Crippen MR) is 69.2 cm³/mol. The number of aromatic nitrogens is 1. The molecule has 0 unspecified atom stereocenters. The molecule has 0 aromatic carbocycles. The van der Waals surface area contributed by atoms with E-state index in [0.29, 0.717) is 16.9 Å². The summed E-state index contributed by atoms with van der Waals surface area (Å²) in [4.78, 5) is 17.5. The van der Waals surface area contributed by atoms with E-state index in [1.165, 1.54) is 4.90 Å². The zero-order valence-electron chi connectivity index (χ0n) is 10.6. The molecule has 1 aromatic rings. The second-order valence-corrected chi connectivity index (χ2v) is 5.79. The van der Waals surface area contributed by atoms with E-state index >= 15 is 0 Å². The van der Waals surface area contributed by atoms with Crippen LogP contribution in [0.2, 0.25) is 0 Å². The van der Waals surface area contributed by atoms with Crippen LogP contribution in [-0.4, -0.2) is 28.3 Å². The average Bonchev–Trinajstić information content (AvgIpc) is 2.26. The summed E-state index contributed by atoms with van der Waals surface area (Å²) in [5, 5.41) is 0. The number of ether oxygens (including phenoxy) is 2. The highest BCUT2D eigenvalue weighted by molar-refractivity contribution is 9.10. The minimum absolute atomic E-state index is 0.173. The summed E-state index contributed by atoms with van der Waals surface area (Å²) in [6.07, 6.45) is 1.30. The van der Waals surface area contributed by atoms with Crippen molar-refractivity contribution in [2.75, 3.05) is 6.73 Å². The lowest BCUT2D eigenvalue weighted by molar-refractivity contribution is 0.00211. The van der Waals surface area contributed by atoms with Crippen molar-refractivity contribution in [3.8, 4) is 5.75 Å². The Bertz CT molecular complexity index is 471. The standard InChI is InChI=1S/C12H15BrN2O3/c1-12(2,3)18-11(16)15-6-8-4-5-14-10(13)9(8)17-7-15/h4-5H,6-7H2,1-3H3. The topological polar surface area (TPSA) is 51.7 Å². The third-order valence-corrected chi connectivity index (χ3v) is 2.89. The van der Waals surface area contributed by atoms with Crippen molar-refractivity contribution >= 4 is 22.0 Å². The molecule has 5 nitrogen and oxygen atoms in total. The molecular formula is C12H15BrN2O3. The summed E-state index contributed by atoms with van der Waals surface area (Å²) < 4.78 is 11.5. The second-order valence-electron chi connectivity index (χ2n) is 5.04. The number of hydrogen-bond donors (Lipinski definition) is 0. The first-order chi connectivity index (χ1) is 8.37. The van der Waals surface area contributed by atoms with Crippen molar-refractivity contribution in [1.29, 1.82) is 0 Å². The van der Waals surface area contributed by atoms with Crippen LogP contribution in [0.15, 0.2) is 16.9 Å². The molecule has 0 N–H and O–H groups in total. The van der Waals surface area contributed by atoms with E-state index < -0.39 is 5.60 Å². The third-order valence-electron chi connectivity index (χ3n) is 2.32. The Morgan fingerprint density at radius 3 is 2.94 bits per heavy atom. The fourth-order valence-electron chi connectivity index (χ4n) is 1.57. The maximum Gasteiger partial charge on any atom is 0.413 e. The van der Waals surface area contributed by atoms with E-state index in [1.54, 1.807) is 6.20 Å². The molecule has 1 aliphatic heterocycles. The molecule has 0 spiro atoms. The molecule has 1 amide bonds. The van der Waals surface area contributed by atoms with Crippen LogP contribution in [0.3, 0.4) is 0 Å². The van der Waals surface area contributed by atoms with Gasteiger partial charge in [0, 0.05) is 11.8 Å². The molecule has 6 heteroatoms. The number of pyridine rings is 1. The molecule has 0 aliphatic carbocycles. The van der Waals surface area contributed by atoms with Crippen LogP contribution in [0, 0.1) is 0 Å². The number of nitrogens with zero attached hydrogens (tertiary/aromatic N) is 2. The summed E-state index contributed by atoms with van der Waals surface area (Å²) in [5.41, 5.74) is 0.407. The van der Waals surface area contributed by atoms with Crippen LogP contribution >= 0.6 is 15.9 Å². The van der Waals surface area contributed by atoms with Crippen LogP contribution in [0.4, 0.5) is 4.79 Å². The minimum Gasteiger partial charge on any atom is -0.470 e. The number of carbonyl (C=O) groups is 1. The van der Waals surface area contributed by atoms with Crippen molar-refractivity contribution in [3.05, 3.63) is 22.4 Å². The van der Waals surface area contributed by atoms with E-state index in [1.807, 2.05) is 26.8 Å². The highest BCUT2D eigenvalue weighted by Gasteiger charge is 2.27. The minimum atomic E-state index is -0.504. The Labute approximate surface area is 114 Å². The van der Waals surface area contributed by atoms with Gasteiger partial charge in [0.2, 0.25) is 0 Å². The van der Waals surface area contributed by atoms with E-state index in [9.17, 15) is 4.79 Å². The van der Waals surface area contributed by atoms with Crippen molar-refractivity contribution in [1.82, 2.24) is 9.88 Å².